The zero-order valence-corrected chi connectivity index (χ0v) is 13.5. The summed E-state index contributed by atoms with van der Waals surface area (Å²) in [4.78, 5) is 12.2. The standard InChI is InChI=1S/C15H20N2O4S/c1-19-12-6-5-10(8-13(12)20-2)14(18)17-15(22)16-9-11-4-3-7-21-11/h5-6,8,11H,3-4,7,9H2,1-2H3,(H2,16,17,18,22). The highest BCUT2D eigenvalue weighted by molar-refractivity contribution is 7.80. The van der Waals surface area contributed by atoms with Gasteiger partial charge in [0, 0.05) is 18.7 Å². The predicted molar refractivity (Wildman–Crippen MR) is 86.6 cm³/mol. The SMILES string of the molecule is COc1ccc(C(=O)NC(=S)NCC2CCCO2)cc1OC. The van der Waals surface area contributed by atoms with Crippen molar-refractivity contribution in [2.24, 2.45) is 0 Å². The number of methoxy groups -OCH3 is 2. The van der Waals surface area contributed by atoms with Crippen molar-refractivity contribution >= 4 is 23.2 Å². The van der Waals surface area contributed by atoms with E-state index in [1.54, 1.807) is 25.3 Å². The molecule has 1 saturated heterocycles. The molecule has 6 nitrogen and oxygen atoms in total. The first-order valence-electron chi connectivity index (χ1n) is 7.07. The summed E-state index contributed by atoms with van der Waals surface area (Å²) in [5.41, 5.74) is 0.443. The Morgan fingerprint density at radius 3 is 2.77 bits per heavy atom. The highest BCUT2D eigenvalue weighted by Gasteiger charge is 2.16. The van der Waals surface area contributed by atoms with Crippen LogP contribution in [0.4, 0.5) is 0 Å². The van der Waals surface area contributed by atoms with E-state index < -0.39 is 0 Å². The fourth-order valence-corrected chi connectivity index (χ4v) is 2.38. The smallest absolute Gasteiger partial charge is 0.257 e. The number of benzene rings is 1. The summed E-state index contributed by atoms with van der Waals surface area (Å²) in [7, 11) is 3.06. The van der Waals surface area contributed by atoms with E-state index in [-0.39, 0.29) is 17.1 Å². The van der Waals surface area contributed by atoms with Crippen molar-refractivity contribution in [3.63, 3.8) is 0 Å². The molecule has 120 valence electrons. The molecule has 1 amide bonds. The van der Waals surface area contributed by atoms with Crippen molar-refractivity contribution in [1.82, 2.24) is 10.6 Å². The third-order valence-electron chi connectivity index (χ3n) is 3.39. The van der Waals surface area contributed by atoms with E-state index >= 15 is 0 Å². The molecule has 1 fully saturated rings. The number of nitrogens with one attached hydrogen (secondary N) is 2. The van der Waals surface area contributed by atoms with Crippen LogP contribution in [0.1, 0.15) is 23.2 Å². The summed E-state index contributed by atoms with van der Waals surface area (Å²) in [6.07, 6.45) is 2.24. The van der Waals surface area contributed by atoms with Crippen LogP contribution in [0.5, 0.6) is 11.5 Å². The van der Waals surface area contributed by atoms with Crippen LogP contribution < -0.4 is 20.1 Å². The Bertz CT molecular complexity index is 544. The Balaban J connectivity index is 1.89. The van der Waals surface area contributed by atoms with Crippen molar-refractivity contribution in [3.05, 3.63) is 23.8 Å². The molecule has 1 aliphatic heterocycles. The lowest BCUT2D eigenvalue weighted by Gasteiger charge is -2.14. The molecule has 1 aromatic carbocycles. The second-order valence-corrected chi connectivity index (χ2v) is 5.28. The first-order valence-corrected chi connectivity index (χ1v) is 7.47. The van der Waals surface area contributed by atoms with E-state index in [9.17, 15) is 4.79 Å². The monoisotopic (exact) mass is 324 g/mol. The van der Waals surface area contributed by atoms with E-state index in [2.05, 4.69) is 10.6 Å². The van der Waals surface area contributed by atoms with E-state index in [0.29, 0.717) is 23.6 Å². The van der Waals surface area contributed by atoms with Crippen LogP contribution in [-0.4, -0.2) is 44.5 Å². The fourth-order valence-electron chi connectivity index (χ4n) is 2.21. The van der Waals surface area contributed by atoms with Gasteiger partial charge in [0.1, 0.15) is 0 Å². The molecule has 7 heteroatoms. The molecular weight excluding hydrogens is 304 g/mol. The van der Waals surface area contributed by atoms with Crippen LogP contribution in [0.2, 0.25) is 0 Å². The highest BCUT2D eigenvalue weighted by atomic mass is 32.1. The second kappa shape index (κ2) is 7.95. The molecule has 0 aromatic heterocycles. The van der Waals surface area contributed by atoms with Crippen molar-refractivity contribution < 1.29 is 19.0 Å². The number of amides is 1. The Hall–Kier alpha value is -1.86. The second-order valence-electron chi connectivity index (χ2n) is 4.87. The lowest BCUT2D eigenvalue weighted by atomic mass is 10.2. The van der Waals surface area contributed by atoms with E-state index in [0.717, 1.165) is 19.4 Å². The minimum Gasteiger partial charge on any atom is -0.493 e. The van der Waals surface area contributed by atoms with Gasteiger partial charge in [-0.1, -0.05) is 0 Å². The van der Waals surface area contributed by atoms with Gasteiger partial charge in [0.05, 0.1) is 20.3 Å². The largest absolute Gasteiger partial charge is 0.493 e. The molecule has 1 unspecified atom stereocenters. The predicted octanol–water partition coefficient (Wildman–Crippen LogP) is 1.49. The average molecular weight is 324 g/mol. The quantitative estimate of drug-likeness (QED) is 0.800. The van der Waals surface area contributed by atoms with E-state index in [4.69, 9.17) is 26.4 Å². The summed E-state index contributed by atoms with van der Waals surface area (Å²) in [6, 6.07) is 4.94. The molecule has 2 rings (SSSR count). The molecule has 22 heavy (non-hydrogen) atoms. The number of ether oxygens (including phenoxy) is 3. The number of hydrogen-bond donors (Lipinski definition) is 2. The number of carbonyl (C=O) groups excluding carboxylic acids is 1. The van der Waals surface area contributed by atoms with E-state index in [1.165, 1.54) is 7.11 Å². The first-order chi connectivity index (χ1) is 10.6. The van der Waals surface area contributed by atoms with Gasteiger partial charge < -0.3 is 19.5 Å². The molecule has 0 bridgehead atoms. The topological polar surface area (TPSA) is 68.8 Å². The van der Waals surface area contributed by atoms with Gasteiger partial charge >= 0.3 is 0 Å². The normalized spacial score (nSPS) is 16.9. The molecule has 1 atom stereocenters. The Morgan fingerprint density at radius 2 is 2.14 bits per heavy atom. The van der Waals surface area contributed by atoms with Gasteiger partial charge in [-0.25, -0.2) is 0 Å². The Kier molecular flexibility index (Phi) is 5.97. The van der Waals surface area contributed by atoms with Gasteiger partial charge in [-0.05, 0) is 43.3 Å². The molecule has 0 radical (unpaired) electrons. The van der Waals surface area contributed by atoms with Crippen LogP contribution in [0.25, 0.3) is 0 Å². The van der Waals surface area contributed by atoms with Crippen molar-refractivity contribution in [3.8, 4) is 11.5 Å². The first kappa shape index (κ1) is 16.5. The van der Waals surface area contributed by atoms with Gasteiger partial charge in [0.15, 0.2) is 16.6 Å². The van der Waals surface area contributed by atoms with E-state index in [1.807, 2.05) is 0 Å². The zero-order valence-electron chi connectivity index (χ0n) is 12.7. The lowest BCUT2D eigenvalue weighted by molar-refractivity contribution is 0.0972. The molecule has 0 saturated carbocycles. The Labute approximate surface area is 135 Å². The highest BCUT2D eigenvalue weighted by Crippen LogP contribution is 2.27. The van der Waals surface area contributed by atoms with Crippen molar-refractivity contribution in [1.29, 1.82) is 0 Å². The molecule has 0 aliphatic carbocycles. The van der Waals surface area contributed by atoms with Gasteiger partial charge in [-0.2, -0.15) is 0 Å². The van der Waals surface area contributed by atoms with Gasteiger partial charge in [0.2, 0.25) is 0 Å². The van der Waals surface area contributed by atoms with Crippen LogP contribution in [0.15, 0.2) is 18.2 Å². The zero-order chi connectivity index (χ0) is 15.9. The van der Waals surface area contributed by atoms with Crippen LogP contribution in [-0.2, 0) is 4.74 Å². The summed E-state index contributed by atoms with van der Waals surface area (Å²) in [5, 5.41) is 5.92. The lowest BCUT2D eigenvalue weighted by Crippen LogP contribution is -2.42. The van der Waals surface area contributed by atoms with Crippen LogP contribution in [0.3, 0.4) is 0 Å². The Morgan fingerprint density at radius 1 is 1.36 bits per heavy atom. The minimum atomic E-state index is -0.300. The molecular formula is C15H20N2O4S. The summed E-state index contributed by atoms with van der Waals surface area (Å²) in [5.74, 6) is 0.761. The number of thiocarbonyl (C=S) groups is 1. The summed E-state index contributed by atoms with van der Waals surface area (Å²) < 4.78 is 15.8. The number of rotatable bonds is 5. The van der Waals surface area contributed by atoms with Crippen LogP contribution >= 0.6 is 12.2 Å². The molecule has 1 aromatic rings. The maximum Gasteiger partial charge on any atom is 0.257 e. The third-order valence-corrected chi connectivity index (χ3v) is 3.63. The van der Waals surface area contributed by atoms with Gasteiger partial charge in [-0.3, -0.25) is 10.1 Å². The van der Waals surface area contributed by atoms with Gasteiger partial charge in [0.25, 0.3) is 5.91 Å². The maximum absolute atomic E-state index is 12.2. The molecule has 2 N–H and O–H groups in total. The van der Waals surface area contributed by atoms with Crippen molar-refractivity contribution in [2.75, 3.05) is 27.4 Å². The fraction of sp³-hybridized carbons (Fsp3) is 0.467. The summed E-state index contributed by atoms with van der Waals surface area (Å²) in [6.45, 7) is 1.39. The molecule has 1 heterocycles. The molecule has 1 aliphatic rings. The van der Waals surface area contributed by atoms with Crippen LogP contribution in [0, 0.1) is 0 Å². The van der Waals surface area contributed by atoms with Crippen molar-refractivity contribution in [2.45, 2.75) is 18.9 Å². The maximum atomic E-state index is 12.2. The number of carbonyl (C=O) groups is 1. The summed E-state index contributed by atoms with van der Waals surface area (Å²) >= 11 is 5.12. The molecule has 0 spiro atoms. The number of hydrogen-bond acceptors (Lipinski definition) is 5. The van der Waals surface area contributed by atoms with Gasteiger partial charge in [-0.15, -0.1) is 0 Å². The third kappa shape index (κ3) is 4.32. The average Bonchev–Trinajstić information content (AvgIpc) is 3.05. The minimum absolute atomic E-state index is 0.163.